The molecule has 1 N–H and O–H groups in total. The quantitative estimate of drug-likeness (QED) is 0.898. The number of ether oxygens (including phenoxy) is 1. The summed E-state index contributed by atoms with van der Waals surface area (Å²) >= 11 is 6.04. The Balaban J connectivity index is 1.97. The van der Waals surface area contributed by atoms with Crippen LogP contribution < -0.4 is 10.6 Å². The van der Waals surface area contributed by atoms with Crippen molar-refractivity contribution in [2.45, 2.75) is 31.6 Å². The molecule has 0 saturated carbocycles. The molecule has 25 heavy (non-hydrogen) atoms. The Morgan fingerprint density at radius 2 is 1.88 bits per heavy atom. The molecule has 2 aliphatic rings. The zero-order valence-corrected chi connectivity index (χ0v) is 14.7. The summed E-state index contributed by atoms with van der Waals surface area (Å²) in [5.41, 5.74) is 1.92. The van der Waals surface area contributed by atoms with E-state index in [4.69, 9.17) is 21.4 Å². The molecule has 0 spiro atoms. The van der Waals surface area contributed by atoms with E-state index in [1.165, 1.54) is 0 Å². The van der Waals surface area contributed by atoms with Gasteiger partial charge >= 0.3 is 0 Å². The predicted molar refractivity (Wildman–Crippen MR) is 99.5 cm³/mol. The van der Waals surface area contributed by atoms with Crippen LogP contribution in [0.15, 0.2) is 36.4 Å². The van der Waals surface area contributed by atoms with Gasteiger partial charge in [-0.05, 0) is 56.0 Å². The molecule has 2 heterocycles. The van der Waals surface area contributed by atoms with Gasteiger partial charge in [0.1, 0.15) is 5.76 Å². The molecule has 1 aliphatic carbocycles. The van der Waals surface area contributed by atoms with Gasteiger partial charge in [-0.2, -0.15) is 5.10 Å². The molecule has 1 fully saturated rings. The number of allylic oxidation sites excluding steroid dienone is 1. The van der Waals surface area contributed by atoms with Crippen LogP contribution in [0.25, 0.3) is 17.5 Å². The predicted octanol–water partition coefficient (Wildman–Crippen LogP) is 3.22. The number of aliphatic hydroxyl groups is 1. The van der Waals surface area contributed by atoms with Gasteiger partial charge in [0.2, 0.25) is 0 Å². The summed E-state index contributed by atoms with van der Waals surface area (Å²) in [7, 11) is 0. The highest BCUT2D eigenvalue weighted by atomic mass is 35.5. The molecule has 130 valence electrons. The summed E-state index contributed by atoms with van der Waals surface area (Å²) in [6, 6.07) is 7.66. The smallest absolute Gasteiger partial charge is 0.126 e. The minimum absolute atomic E-state index is 0.299. The van der Waals surface area contributed by atoms with Crippen molar-refractivity contribution in [2.75, 3.05) is 13.2 Å². The van der Waals surface area contributed by atoms with Gasteiger partial charge in [-0.25, -0.2) is 4.68 Å². The second kappa shape index (κ2) is 7.06. The molecular formula is C20H21ClN2O2. The van der Waals surface area contributed by atoms with Crippen LogP contribution >= 0.6 is 11.6 Å². The van der Waals surface area contributed by atoms with Crippen LogP contribution in [-0.4, -0.2) is 28.1 Å². The summed E-state index contributed by atoms with van der Waals surface area (Å²) in [4.78, 5) is 0. The Morgan fingerprint density at radius 1 is 1.12 bits per heavy atom. The molecule has 1 aromatic carbocycles. The maximum absolute atomic E-state index is 10.7. The number of hydrogen-bond donors (Lipinski definition) is 1. The topological polar surface area (TPSA) is 47.3 Å². The van der Waals surface area contributed by atoms with Gasteiger partial charge in [-0.1, -0.05) is 23.8 Å². The van der Waals surface area contributed by atoms with Crippen LogP contribution in [0.1, 0.15) is 37.3 Å². The summed E-state index contributed by atoms with van der Waals surface area (Å²) in [5.74, 6) is 0.604. The van der Waals surface area contributed by atoms with Crippen LogP contribution in [0.5, 0.6) is 0 Å². The molecule has 0 radical (unpaired) electrons. The number of aliphatic hydroxyl groups excluding tert-OH is 1. The summed E-state index contributed by atoms with van der Waals surface area (Å²) < 4.78 is 7.44. The molecule has 1 aromatic heterocycles. The lowest BCUT2D eigenvalue weighted by Crippen LogP contribution is -2.33. The number of rotatable bonds is 2. The van der Waals surface area contributed by atoms with Crippen molar-refractivity contribution in [1.82, 2.24) is 9.78 Å². The highest BCUT2D eigenvalue weighted by molar-refractivity contribution is 6.30. The molecular weight excluding hydrogens is 336 g/mol. The highest BCUT2D eigenvalue weighted by Crippen LogP contribution is 2.24. The maximum Gasteiger partial charge on any atom is 0.126 e. The van der Waals surface area contributed by atoms with E-state index in [-0.39, 0.29) is 0 Å². The average molecular weight is 357 g/mol. The van der Waals surface area contributed by atoms with E-state index in [2.05, 4.69) is 6.08 Å². The fraction of sp³-hybridized carbons (Fsp3) is 0.350. The normalized spacial score (nSPS) is 23.2. The van der Waals surface area contributed by atoms with Crippen molar-refractivity contribution in [1.29, 1.82) is 0 Å². The molecule has 4 nitrogen and oxygen atoms in total. The summed E-state index contributed by atoms with van der Waals surface area (Å²) in [6.45, 7) is 1.49. The Morgan fingerprint density at radius 3 is 2.64 bits per heavy atom. The SMILES string of the molecule is OC1=c2\c(C3CCOCC3)nn(-c3ccc(Cl)cc3)\c2=C\CC/C=C\1. The third-order valence-electron chi connectivity index (χ3n) is 4.83. The van der Waals surface area contributed by atoms with Crippen LogP contribution in [-0.2, 0) is 4.74 Å². The number of benzene rings is 1. The Hall–Kier alpha value is -2.04. The first-order valence-electron chi connectivity index (χ1n) is 8.76. The van der Waals surface area contributed by atoms with E-state index in [1.807, 2.05) is 41.1 Å². The molecule has 4 rings (SSSR count). The van der Waals surface area contributed by atoms with Crippen molar-refractivity contribution in [3.05, 3.63) is 57.7 Å². The first kappa shape index (κ1) is 16.4. The summed E-state index contributed by atoms with van der Waals surface area (Å²) in [5, 5.41) is 18.1. The number of halogens is 1. The van der Waals surface area contributed by atoms with E-state index >= 15 is 0 Å². The van der Waals surface area contributed by atoms with Crippen molar-refractivity contribution >= 4 is 23.4 Å². The van der Waals surface area contributed by atoms with Crippen molar-refractivity contribution in [3.63, 3.8) is 0 Å². The Kier molecular flexibility index (Phi) is 4.64. The molecule has 1 saturated heterocycles. The van der Waals surface area contributed by atoms with E-state index < -0.39 is 0 Å². The number of aromatic nitrogens is 2. The average Bonchev–Trinajstić information content (AvgIpc) is 3.00. The molecule has 5 heteroatoms. The minimum atomic E-state index is 0.299. The maximum atomic E-state index is 10.7. The molecule has 0 atom stereocenters. The molecule has 0 amide bonds. The van der Waals surface area contributed by atoms with Gasteiger partial charge in [-0.3, -0.25) is 0 Å². The van der Waals surface area contributed by atoms with Crippen molar-refractivity contribution in [3.8, 4) is 5.69 Å². The first-order chi connectivity index (χ1) is 12.2. The lowest BCUT2D eigenvalue weighted by atomic mass is 9.94. The van der Waals surface area contributed by atoms with E-state index in [0.717, 1.165) is 60.8 Å². The second-order valence-electron chi connectivity index (χ2n) is 6.49. The highest BCUT2D eigenvalue weighted by Gasteiger charge is 2.23. The zero-order valence-electron chi connectivity index (χ0n) is 14.0. The lowest BCUT2D eigenvalue weighted by Gasteiger charge is -2.20. The van der Waals surface area contributed by atoms with Gasteiger partial charge in [0.15, 0.2) is 0 Å². The van der Waals surface area contributed by atoms with Gasteiger partial charge in [-0.15, -0.1) is 0 Å². The third kappa shape index (κ3) is 3.24. The molecule has 2 aromatic rings. The fourth-order valence-electron chi connectivity index (χ4n) is 3.53. The van der Waals surface area contributed by atoms with E-state index in [9.17, 15) is 5.11 Å². The van der Waals surface area contributed by atoms with Gasteiger partial charge < -0.3 is 9.84 Å². The zero-order chi connectivity index (χ0) is 17.2. The van der Waals surface area contributed by atoms with Gasteiger partial charge in [0, 0.05) is 24.2 Å². The largest absolute Gasteiger partial charge is 0.507 e. The standard InChI is InChI=1S/C20H21ClN2O2/c21-15-6-8-16(9-7-15)23-17-4-2-1-3-5-18(24)19(17)20(22-23)14-10-12-25-13-11-14/h3-9,14,24H,1-2,10-13H2/b5-3-,17-4+,19-18-. The molecule has 0 bridgehead atoms. The van der Waals surface area contributed by atoms with Crippen molar-refractivity contribution in [2.24, 2.45) is 0 Å². The van der Waals surface area contributed by atoms with E-state index in [1.54, 1.807) is 0 Å². The summed E-state index contributed by atoms with van der Waals surface area (Å²) in [6.07, 6.45) is 9.68. The molecule has 1 aliphatic heterocycles. The lowest BCUT2D eigenvalue weighted by molar-refractivity contribution is 0.0842. The third-order valence-corrected chi connectivity index (χ3v) is 5.08. The van der Waals surface area contributed by atoms with Crippen LogP contribution in [0.3, 0.4) is 0 Å². The van der Waals surface area contributed by atoms with Gasteiger partial charge in [0.25, 0.3) is 0 Å². The fourth-order valence-corrected chi connectivity index (χ4v) is 3.66. The van der Waals surface area contributed by atoms with Gasteiger partial charge in [0.05, 0.1) is 21.9 Å². The van der Waals surface area contributed by atoms with Crippen LogP contribution in [0.2, 0.25) is 5.02 Å². The number of hydrogen-bond acceptors (Lipinski definition) is 3. The van der Waals surface area contributed by atoms with Crippen LogP contribution in [0.4, 0.5) is 0 Å². The number of nitrogens with zero attached hydrogens (tertiary/aromatic N) is 2. The Labute approximate surface area is 151 Å². The first-order valence-corrected chi connectivity index (χ1v) is 9.14. The van der Waals surface area contributed by atoms with Crippen LogP contribution in [0, 0.1) is 0 Å². The minimum Gasteiger partial charge on any atom is -0.507 e. The monoisotopic (exact) mass is 356 g/mol. The Bertz CT molecular complexity index is 906. The van der Waals surface area contributed by atoms with E-state index in [0.29, 0.717) is 16.7 Å². The second-order valence-corrected chi connectivity index (χ2v) is 6.93. The number of fused-ring (bicyclic) bond motifs is 1. The van der Waals surface area contributed by atoms with Crippen molar-refractivity contribution < 1.29 is 9.84 Å². The molecule has 0 unspecified atom stereocenters.